The lowest BCUT2D eigenvalue weighted by Crippen LogP contribution is -2.34. The number of likely N-dealkylation sites (N-methyl/N-ethyl adjacent to an activating group) is 1. The fraction of sp³-hybridized carbons (Fsp3) is 0.158. The van der Waals surface area contributed by atoms with Crippen molar-refractivity contribution in [3.8, 4) is 0 Å². The predicted octanol–water partition coefficient (Wildman–Crippen LogP) is 3.24. The van der Waals surface area contributed by atoms with Crippen LogP contribution in [0.25, 0.3) is 0 Å². The monoisotopic (exact) mass is 352 g/mol. The van der Waals surface area contributed by atoms with Crippen LogP contribution >= 0.6 is 0 Å². The van der Waals surface area contributed by atoms with Crippen LogP contribution in [0.15, 0.2) is 66.4 Å². The summed E-state index contributed by atoms with van der Waals surface area (Å²) in [4.78, 5) is 36.6. The Morgan fingerprint density at radius 3 is 2.50 bits per heavy atom. The molecule has 1 aliphatic heterocycles. The topological polar surface area (TPSA) is 89.8 Å². The highest BCUT2D eigenvalue weighted by atomic mass is 16.6. The van der Waals surface area contributed by atoms with E-state index in [1.54, 1.807) is 11.9 Å². The number of benzene rings is 2. The van der Waals surface area contributed by atoms with Gasteiger partial charge in [-0.3, -0.25) is 14.9 Å². The summed E-state index contributed by atoms with van der Waals surface area (Å²) in [6.07, 6.45) is 1.55. The summed E-state index contributed by atoms with van der Waals surface area (Å²) in [6, 6.07) is 14.7. The van der Waals surface area contributed by atoms with Crippen LogP contribution in [0.1, 0.15) is 28.4 Å². The third-order valence-electron chi connectivity index (χ3n) is 4.22. The number of para-hydroxylation sites is 1. The second-order valence-electron chi connectivity index (χ2n) is 5.85. The van der Waals surface area contributed by atoms with Crippen molar-refractivity contribution in [3.63, 3.8) is 0 Å². The molecule has 1 amide bonds. The molecule has 1 aliphatic rings. The second kappa shape index (κ2) is 7.18. The maximum Gasteiger partial charge on any atom is 0.350 e. The summed E-state index contributed by atoms with van der Waals surface area (Å²) in [6.45, 7) is 0. The molecule has 0 saturated heterocycles. The lowest BCUT2D eigenvalue weighted by molar-refractivity contribution is -0.385. The average Bonchev–Trinajstić information content (AvgIpc) is 2.65. The number of nitrogens with zero attached hydrogens (tertiary/aromatic N) is 2. The Hall–Kier alpha value is -3.48. The van der Waals surface area contributed by atoms with Crippen molar-refractivity contribution in [1.82, 2.24) is 4.90 Å². The summed E-state index contributed by atoms with van der Waals surface area (Å²) in [7, 11) is 1.68. The molecule has 0 spiro atoms. The van der Waals surface area contributed by atoms with E-state index >= 15 is 0 Å². The molecule has 0 fully saturated rings. The van der Waals surface area contributed by atoms with Crippen LogP contribution in [0.4, 0.5) is 5.69 Å². The van der Waals surface area contributed by atoms with E-state index < -0.39 is 10.9 Å². The van der Waals surface area contributed by atoms with Crippen LogP contribution in [-0.4, -0.2) is 28.7 Å². The molecule has 7 heteroatoms. The number of carbonyl (C=O) groups excluding carboxylic acids is 2. The minimum absolute atomic E-state index is 0.152. The van der Waals surface area contributed by atoms with Crippen LogP contribution < -0.4 is 0 Å². The van der Waals surface area contributed by atoms with Gasteiger partial charge in [0, 0.05) is 25.6 Å². The van der Waals surface area contributed by atoms with Gasteiger partial charge in [-0.2, -0.15) is 0 Å². The van der Waals surface area contributed by atoms with Gasteiger partial charge in [0.1, 0.15) is 11.3 Å². The van der Waals surface area contributed by atoms with Crippen molar-refractivity contribution in [1.29, 1.82) is 0 Å². The molecular formula is C19H16N2O5. The first-order chi connectivity index (χ1) is 12.5. The zero-order chi connectivity index (χ0) is 18.7. The van der Waals surface area contributed by atoms with E-state index in [2.05, 4.69) is 0 Å². The van der Waals surface area contributed by atoms with Crippen molar-refractivity contribution < 1.29 is 19.2 Å². The number of rotatable bonds is 4. The van der Waals surface area contributed by atoms with E-state index in [-0.39, 0.29) is 29.0 Å². The number of amides is 1. The van der Waals surface area contributed by atoms with Gasteiger partial charge in [-0.05, 0) is 11.6 Å². The van der Waals surface area contributed by atoms with Gasteiger partial charge in [-0.15, -0.1) is 0 Å². The number of hydrogen-bond donors (Lipinski definition) is 0. The number of carbonyl (C=O) groups is 2. The molecule has 1 unspecified atom stereocenters. The summed E-state index contributed by atoms with van der Waals surface area (Å²) in [5.41, 5.74) is 0.425. The Kier molecular flexibility index (Phi) is 4.79. The first-order valence-electron chi connectivity index (χ1n) is 7.95. The van der Waals surface area contributed by atoms with Crippen molar-refractivity contribution in [2.24, 2.45) is 0 Å². The van der Waals surface area contributed by atoms with E-state index in [1.807, 2.05) is 30.3 Å². The third-order valence-corrected chi connectivity index (χ3v) is 4.22. The lowest BCUT2D eigenvalue weighted by Gasteiger charge is -2.32. The molecule has 0 saturated carbocycles. The summed E-state index contributed by atoms with van der Waals surface area (Å²) < 4.78 is 5.31. The Balaban J connectivity index is 1.84. The van der Waals surface area contributed by atoms with E-state index in [0.29, 0.717) is 6.42 Å². The largest absolute Gasteiger partial charge is 0.427 e. The Morgan fingerprint density at radius 2 is 1.81 bits per heavy atom. The summed E-state index contributed by atoms with van der Waals surface area (Å²) in [5, 5.41) is 11.1. The van der Waals surface area contributed by atoms with E-state index in [4.69, 9.17) is 4.74 Å². The average molecular weight is 352 g/mol. The molecule has 0 aromatic heterocycles. The van der Waals surface area contributed by atoms with Gasteiger partial charge in [0.05, 0.1) is 11.0 Å². The normalized spacial score (nSPS) is 16.8. The molecule has 2 aromatic rings. The molecule has 3 rings (SSSR count). The highest BCUT2D eigenvalue weighted by molar-refractivity contribution is 5.95. The van der Waals surface area contributed by atoms with Gasteiger partial charge in [0.25, 0.3) is 5.69 Å². The molecular weight excluding hydrogens is 336 g/mol. The van der Waals surface area contributed by atoms with Crippen molar-refractivity contribution in [2.45, 2.75) is 12.5 Å². The Labute approximate surface area is 149 Å². The van der Waals surface area contributed by atoms with E-state index in [1.165, 1.54) is 30.3 Å². The van der Waals surface area contributed by atoms with Crippen molar-refractivity contribution in [3.05, 3.63) is 87.7 Å². The first-order valence-corrected chi connectivity index (χ1v) is 7.95. The molecule has 132 valence electrons. The highest BCUT2D eigenvalue weighted by Crippen LogP contribution is 2.32. The van der Waals surface area contributed by atoms with Crippen molar-refractivity contribution >= 4 is 17.6 Å². The molecule has 1 heterocycles. The number of hydrogen-bond acceptors (Lipinski definition) is 5. The number of ether oxygens (including phenoxy) is 1. The molecule has 1 atom stereocenters. The molecule has 2 aromatic carbocycles. The number of esters is 1. The van der Waals surface area contributed by atoms with Gasteiger partial charge in [0.15, 0.2) is 0 Å². The minimum Gasteiger partial charge on any atom is -0.427 e. The molecule has 0 aliphatic carbocycles. The van der Waals surface area contributed by atoms with Gasteiger partial charge < -0.3 is 9.64 Å². The van der Waals surface area contributed by atoms with Gasteiger partial charge in [-0.25, -0.2) is 4.79 Å². The van der Waals surface area contributed by atoms with Crippen molar-refractivity contribution in [2.75, 3.05) is 7.05 Å². The summed E-state index contributed by atoms with van der Waals surface area (Å²) in [5.74, 6) is -0.965. The summed E-state index contributed by atoms with van der Waals surface area (Å²) >= 11 is 0. The second-order valence-corrected chi connectivity index (χ2v) is 5.85. The Morgan fingerprint density at radius 1 is 1.15 bits per heavy atom. The van der Waals surface area contributed by atoms with Crippen LogP contribution in [0.5, 0.6) is 0 Å². The van der Waals surface area contributed by atoms with Gasteiger partial charge in [-0.1, -0.05) is 42.5 Å². The van der Waals surface area contributed by atoms with Crippen LogP contribution in [0.3, 0.4) is 0 Å². The zero-order valence-electron chi connectivity index (χ0n) is 14.0. The van der Waals surface area contributed by atoms with E-state index in [9.17, 15) is 19.7 Å². The number of nitro groups is 1. The fourth-order valence-electron chi connectivity index (χ4n) is 2.85. The van der Waals surface area contributed by atoms with Gasteiger partial charge >= 0.3 is 5.97 Å². The zero-order valence-corrected chi connectivity index (χ0v) is 14.0. The molecule has 0 radical (unpaired) electrons. The smallest absolute Gasteiger partial charge is 0.350 e. The predicted molar refractivity (Wildman–Crippen MR) is 93.2 cm³/mol. The standard InChI is InChI=1S/C19H16N2O5/c1-20-17(13-7-3-2-4-8-13)11-14(12-18(20)22)26-19(23)15-9-5-6-10-16(15)21(24)25/h2-10,12,17H,11H2,1H3. The third kappa shape index (κ3) is 3.46. The lowest BCUT2D eigenvalue weighted by atomic mass is 9.98. The quantitative estimate of drug-likeness (QED) is 0.479. The minimum atomic E-state index is -0.854. The van der Waals surface area contributed by atoms with E-state index in [0.717, 1.165) is 5.56 Å². The van der Waals surface area contributed by atoms with Crippen LogP contribution in [-0.2, 0) is 9.53 Å². The SMILES string of the molecule is CN1C(=O)C=C(OC(=O)c2ccccc2[N+](=O)[O-])CC1c1ccccc1. The maximum absolute atomic E-state index is 12.4. The Bertz CT molecular complexity index is 892. The molecule has 0 N–H and O–H groups in total. The highest BCUT2D eigenvalue weighted by Gasteiger charge is 2.30. The molecule has 26 heavy (non-hydrogen) atoms. The molecule has 0 bridgehead atoms. The fourth-order valence-corrected chi connectivity index (χ4v) is 2.85. The van der Waals surface area contributed by atoms with Crippen LogP contribution in [0.2, 0.25) is 0 Å². The van der Waals surface area contributed by atoms with Gasteiger partial charge in [0.2, 0.25) is 5.91 Å². The maximum atomic E-state index is 12.4. The van der Waals surface area contributed by atoms with Crippen LogP contribution in [0, 0.1) is 10.1 Å². The first kappa shape index (κ1) is 17.3. The molecule has 7 nitrogen and oxygen atoms in total. The number of nitro benzene ring substituents is 1.